The molecule has 0 aliphatic rings. The third-order valence-electron chi connectivity index (χ3n) is 2.74. The number of carbonyl (C=O) groups excluding carboxylic acids is 1. The van der Waals surface area contributed by atoms with Crippen molar-refractivity contribution in [1.82, 2.24) is 15.8 Å². The van der Waals surface area contributed by atoms with Crippen molar-refractivity contribution in [2.24, 2.45) is 0 Å². The van der Waals surface area contributed by atoms with E-state index in [0.717, 1.165) is 6.07 Å². The zero-order chi connectivity index (χ0) is 16.2. The molecule has 2 rings (SSSR count). The van der Waals surface area contributed by atoms with Crippen LogP contribution in [0.1, 0.15) is 21.6 Å². The maximum atomic E-state index is 12.5. The van der Waals surface area contributed by atoms with Crippen molar-refractivity contribution in [3.05, 3.63) is 64.4 Å². The largest absolute Gasteiger partial charge is 0.417 e. The van der Waals surface area contributed by atoms with Crippen LogP contribution < -0.4 is 10.9 Å². The van der Waals surface area contributed by atoms with Crippen molar-refractivity contribution in [3.63, 3.8) is 0 Å². The van der Waals surface area contributed by atoms with Gasteiger partial charge in [-0.05, 0) is 18.2 Å². The summed E-state index contributed by atoms with van der Waals surface area (Å²) in [6, 6.07) is 9.24. The van der Waals surface area contributed by atoms with Gasteiger partial charge in [0.05, 0.1) is 22.8 Å². The first-order chi connectivity index (χ1) is 10.4. The highest BCUT2D eigenvalue weighted by molar-refractivity contribution is 6.31. The molecule has 22 heavy (non-hydrogen) atoms. The molecule has 0 saturated heterocycles. The number of halogens is 4. The number of nitrogens with one attached hydrogen (secondary N) is 2. The highest BCUT2D eigenvalue weighted by Gasteiger charge is 2.31. The molecular formula is C14H11ClF3N3O. The summed E-state index contributed by atoms with van der Waals surface area (Å²) in [5.41, 5.74) is 4.70. The quantitative estimate of drug-likeness (QED) is 0.847. The molecule has 0 aliphatic heterocycles. The molecule has 1 aromatic carbocycles. The first kappa shape index (κ1) is 16.3. The topological polar surface area (TPSA) is 54.0 Å². The minimum absolute atomic E-state index is 0.00442. The number of alkyl halides is 3. The number of pyridine rings is 1. The van der Waals surface area contributed by atoms with Crippen LogP contribution in [0.3, 0.4) is 0 Å². The standard InChI is InChI=1S/C14H11ClF3N3O/c15-11-6-10(14(16,17)18)7-19-12(11)8-20-21-13(22)9-4-2-1-3-5-9/h1-7,20H,8H2,(H,21,22). The van der Waals surface area contributed by atoms with E-state index in [1.807, 2.05) is 0 Å². The van der Waals surface area contributed by atoms with E-state index in [9.17, 15) is 18.0 Å². The van der Waals surface area contributed by atoms with Gasteiger partial charge in [-0.25, -0.2) is 5.43 Å². The highest BCUT2D eigenvalue weighted by atomic mass is 35.5. The highest BCUT2D eigenvalue weighted by Crippen LogP contribution is 2.30. The molecule has 116 valence electrons. The van der Waals surface area contributed by atoms with Crippen molar-refractivity contribution in [1.29, 1.82) is 0 Å². The van der Waals surface area contributed by atoms with Gasteiger partial charge >= 0.3 is 6.18 Å². The Morgan fingerprint density at radius 2 is 1.91 bits per heavy atom. The van der Waals surface area contributed by atoms with E-state index in [1.54, 1.807) is 30.3 Å². The maximum Gasteiger partial charge on any atom is 0.417 e. The fourth-order valence-corrected chi connectivity index (χ4v) is 1.85. The zero-order valence-electron chi connectivity index (χ0n) is 11.1. The monoisotopic (exact) mass is 329 g/mol. The molecule has 0 radical (unpaired) electrons. The Balaban J connectivity index is 1.94. The van der Waals surface area contributed by atoms with Gasteiger partial charge < -0.3 is 0 Å². The molecule has 0 atom stereocenters. The molecule has 0 spiro atoms. The third kappa shape index (κ3) is 4.19. The molecular weight excluding hydrogens is 319 g/mol. The van der Waals surface area contributed by atoms with E-state index in [-0.39, 0.29) is 23.2 Å². The minimum atomic E-state index is -4.50. The van der Waals surface area contributed by atoms with Crippen LogP contribution in [0.4, 0.5) is 13.2 Å². The smallest absolute Gasteiger partial charge is 0.287 e. The van der Waals surface area contributed by atoms with Gasteiger partial charge in [0.15, 0.2) is 0 Å². The molecule has 0 unspecified atom stereocenters. The fourth-order valence-electron chi connectivity index (χ4n) is 1.62. The number of hydrogen-bond acceptors (Lipinski definition) is 3. The first-order valence-corrected chi connectivity index (χ1v) is 6.55. The van der Waals surface area contributed by atoms with Gasteiger partial charge in [-0.1, -0.05) is 29.8 Å². The summed E-state index contributed by atoms with van der Waals surface area (Å²) in [5, 5.41) is -0.128. The number of hydrazine groups is 1. The summed E-state index contributed by atoms with van der Waals surface area (Å²) < 4.78 is 37.4. The Bertz CT molecular complexity index is 662. The lowest BCUT2D eigenvalue weighted by Gasteiger charge is -2.10. The predicted octanol–water partition coefficient (Wildman–Crippen LogP) is 3.19. The van der Waals surface area contributed by atoms with Gasteiger partial charge in [0.1, 0.15) is 0 Å². The number of nitrogens with zero attached hydrogens (tertiary/aromatic N) is 1. The van der Waals surface area contributed by atoms with Crippen LogP contribution in [0.5, 0.6) is 0 Å². The Morgan fingerprint density at radius 3 is 2.50 bits per heavy atom. The SMILES string of the molecule is O=C(NNCc1ncc(C(F)(F)F)cc1Cl)c1ccccc1. The first-order valence-electron chi connectivity index (χ1n) is 6.18. The molecule has 4 nitrogen and oxygen atoms in total. The molecule has 0 fully saturated rings. The Kier molecular flexibility index (Phi) is 4.99. The van der Waals surface area contributed by atoms with Crippen LogP contribution in [0.2, 0.25) is 5.02 Å². The Morgan fingerprint density at radius 1 is 1.23 bits per heavy atom. The second-order valence-electron chi connectivity index (χ2n) is 4.32. The molecule has 0 saturated carbocycles. The number of amides is 1. The van der Waals surface area contributed by atoms with Crippen LogP contribution in [0.25, 0.3) is 0 Å². The van der Waals surface area contributed by atoms with E-state index in [4.69, 9.17) is 11.6 Å². The van der Waals surface area contributed by atoms with Gasteiger partial charge in [-0.15, -0.1) is 0 Å². The predicted molar refractivity (Wildman–Crippen MR) is 75.0 cm³/mol. The Labute approximate surface area is 129 Å². The second-order valence-corrected chi connectivity index (χ2v) is 4.73. The van der Waals surface area contributed by atoms with E-state index < -0.39 is 11.7 Å². The number of carbonyl (C=O) groups is 1. The van der Waals surface area contributed by atoms with Gasteiger partial charge in [-0.3, -0.25) is 15.2 Å². The van der Waals surface area contributed by atoms with Crippen molar-refractivity contribution >= 4 is 17.5 Å². The van der Waals surface area contributed by atoms with Gasteiger partial charge in [0, 0.05) is 11.8 Å². The van der Waals surface area contributed by atoms with Crippen LogP contribution in [0.15, 0.2) is 42.6 Å². The lowest BCUT2D eigenvalue weighted by molar-refractivity contribution is -0.137. The van der Waals surface area contributed by atoms with Crippen molar-refractivity contribution in [2.45, 2.75) is 12.7 Å². The summed E-state index contributed by atoms with van der Waals surface area (Å²) in [6.07, 6.45) is -3.80. The van der Waals surface area contributed by atoms with Crippen LogP contribution in [-0.2, 0) is 12.7 Å². The van der Waals surface area contributed by atoms with Crippen molar-refractivity contribution in [2.75, 3.05) is 0 Å². The summed E-state index contributed by atoms with van der Waals surface area (Å²) in [5.74, 6) is -0.372. The summed E-state index contributed by atoms with van der Waals surface area (Å²) in [6.45, 7) is -0.00442. The fraction of sp³-hybridized carbons (Fsp3) is 0.143. The van der Waals surface area contributed by atoms with Gasteiger partial charge in [0.2, 0.25) is 0 Å². The molecule has 1 amide bonds. The minimum Gasteiger partial charge on any atom is -0.287 e. The molecule has 1 aromatic heterocycles. The Hall–Kier alpha value is -2.12. The molecule has 0 aliphatic carbocycles. The molecule has 2 aromatic rings. The number of rotatable bonds is 4. The number of hydrogen-bond donors (Lipinski definition) is 2. The maximum absolute atomic E-state index is 12.5. The van der Waals surface area contributed by atoms with E-state index >= 15 is 0 Å². The van der Waals surface area contributed by atoms with E-state index in [1.165, 1.54) is 0 Å². The third-order valence-corrected chi connectivity index (χ3v) is 3.07. The van der Waals surface area contributed by atoms with Crippen LogP contribution in [0, 0.1) is 0 Å². The lowest BCUT2D eigenvalue weighted by atomic mass is 10.2. The van der Waals surface area contributed by atoms with Gasteiger partial charge in [-0.2, -0.15) is 13.2 Å². The molecule has 2 N–H and O–H groups in total. The normalized spacial score (nSPS) is 11.3. The van der Waals surface area contributed by atoms with E-state index in [2.05, 4.69) is 15.8 Å². The molecule has 0 bridgehead atoms. The van der Waals surface area contributed by atoms with E-state index in [0.29, 0.717) is 11.8 Å². The summed E-state index contributed by atoms with van der Waals surface area (Å²) in [7, 11) is 0. The zero-order valence-corrected chi connectivity index (χ0v) is 11.9. The van der Waals surface area contributed by atoms with Crippen molar-refractivity contribution in [3.8, 4) is 0 Å². The second kappa shape index (κ2) is 6.76. The molecule has 8 heteroatoms. The van der Waals surface area contributed by atoms with Gasteiger partial charge in [0.25, 0.3) is 5.91 Å². The summed E-state index contributed by atoms with van der Waals surface area (Å²) in [4.78, 5) is 15.4. The number of benzene rings is 1. The lowest BCUT2D eigenvalue weighted by Crippen LogP contribution is -2.37. The number of aromatic nitrogens is 1. The average molecular weight is 330 g/mol. The van der Waals surface area contributed by atoms with Crippen molar-refractivity contribution < 1.29 is 18.0 Å². The van der Waals surface area contributed by atoms with Crippen LogP contribution in [-0.4, -0.2) is 10.9 Å². The van der Waals surface area contributed by atoms with Crippen LogP contribution >= 0.6 is 11.6 Å². The molecule has 1 heterocycles. The average Bonchev–Trinajstić information content (AvgIpc) is 2.48. The summed E-state index contributed by atoms with van der Waals surface area (Å²) >= 11 is 5.75.